The molecule has 0 spiro atoms. The van der Waals surface area contributed by atoms with Gasteiger partial charge >= 0.3 is 6.09 Å². The summed E-state index contributed by atoms with van der Waals surface area (Å²) in [6, 6.07) is 9.58. The van der Waals surface area contributed by atoms with Gasteiger partial charge in [-0.3, -0.25) is 4.79 Å². The summed E-state index contributed by atoms with van der Waals surface area (Å²) in [5.74, 6) is -0.440. The molecule has 0 saturated carbocycles. The van der Waals surface area contributed by atoms with Gasteiger partial charge in [-0.25, -0.2) is 9.69 Å². The summed E-state index contributed by atoms with van der Waals surface area (Å²) in [5, 5.41) is 0. The van der Waals surface area contributed by atoms with Gasteiger partial charge in [0.1, 0.15) is 6.61 Å². The molecule has 4 heteroatoms. The second-order valence-corrected chi connectivity index (χ2v) is 5.05. The number of hydrogen-bond donors (Lipinski definition) is 0. The molecule has 106 valence electrons. The fourth-order valence-corrected chi connectivity index (χ4v) is 2.36. The third-order valence-electron chi connectivity index (χ3n) is 3.45. The van der Waals surface area contributed by atoms with Crippen LogP contribution in [0.3, 0.4) is 0 Å². The highest BCUT2D eigenvalue weighted by Gasteiger charge is 2.39. The number of amides is 2. The van der Waals surface area contributed by atoms with E-state index in [1.807, 2.05) is 30.3 Å². The third-order valence-corrected chi connectivity index (χ3v) is 3.45. The maximum absolute atomic E-state index is 12.3. The SMILES string of the molecule is C=CC[C@H](C)C(=O)N1C(=O)OC[C@H]1Cc1ccccc1. The minimum atomic E-state index is -0.535. The molecule has 2 amide bonds. The van der Waals surface area contributed by atoms with Crippen molar-refractivity contribution >= 4 is 12.0 Å². The molecule has 0 unspecified atom stereocenters. The van der Waals surface area contributed by atoms with Crippen molar-refractivity contribution in [3.8, 4) is 0 Å². The van der Waals surface area contributed by atoms with Crippen molar-refractivity contribution in [3.05, 3.63) is 48.6 Å². The van der Waals surface area contributed by atoms with E-state index in [1.54, 1.807) is 13.0 Å². The maximum Gasteiger partial charge on any atom is 0.416 e. The number of carbonyl (C=O) groups excluding carboxylic acids is 2. The first-order chi connectivity index (χ1) is 9.63. The number of allylic oxidation sites excluding steroid dienone is 1. The van der Waals surface area contributed by atoms with E-state index in [1.165, 1.54) is 4.90 Å². The highest BCUT2D eigenvalue weighted by atomic mass is 16.6. The molecule has 1 aromatic rings. The summed E-state index contributed by atoms with van der Waals surface area (Å²) in [4.78, 5) is 25.4. The van der Waals surface area contributed by atoms with Crippen LogP contribution in [0.15, 0.2) is 43.0 Å². The van der Waals surface area contributed by atoms with Crippen LogP contribution in [0.2, 0.25) is 0 Å². The number of carbonyl (C=O) groups is 2. The van der Waals surface area contributed by atoms with Crippen molar-refractivity contribution in [2.45, 2.75) is 25.8 Å². The lowest BCUT2D eigenvalue weighted by molar-refractivity contribution is -0.132. The zero-order chi connectivity index (χ0) is 14.5. The van der Waals surface area contributed by atoms with E-state index in [0.717, 1.165) is 5.56 Å². The zero-order valence-electron chi connectivity index (χ0n) is 11.6. The summed E-state index contributed by atoms with van der Waals surface area (Å²) >= 11 is 0. The first kappa shape index (κ1) is 14.3. The van der Waals surface area contributed by atoms with E-state index in [4.69, 9.17) is 4.74 Å². The number of imide groups is 1. The monoisotopic (exact) mass is 273 g/mol. The van der Waals surface area contributed by atoms with E-state index in [-0.39, 0.29) is 24.5 Å². The molecule has 2 rings (SSSR count). The van der Waals surface area contributed by atoms with Crippen LogP contribution < -0.4 is 0 Å². The van der Waals surface area contributed by atoms with Crippen molar-refractivity contribution in [3.63, 3.8) is 0 Å². The number of rotatable bonds is 5. The van der Waals surface area contributed by atoms with Gasteiger partial charge in [-0.1, -0.05) is 43.3 Å². The van der Waals surface area contributed by atoms with Crippen LogP contribution in [-0.4, -0.2) is 29.5 Å². The quantitative estimate of drug-likeness (QED) is 0.775. The number of hydrogen-bond acceptors (Lipinski definition) is 3. The van der Waals surface area contributed by atoms with E-state index >= 15 is 0 Å². The van der Waals surface area contributed by atoms with Crippen molar-refractivity contribution in [1.82, 2.24) is 4.90 Å². The lowest BCUT2D eigenvalue weighted by Gasteiger charge is -2.22. The molecule has 1 heterocycles. The van der Waals surface area contributed by atoms with Crippen molar-refractivity contribution in [1.29, 1.82) is 0 Å². The Bertz CT molecular complexity index is 498. The largest absolute Gasteiger partial charge is 0.447 e. The van der Waals surface area contributed by atoms with Crippen LogP contribution in [0, 0.1) is 5.92 Å². The van der Waals surface area contributed by atoms with Crippen molar-refractivity contribution in [2.24, 2.45) is 5.92 Å². The Morgan fingerprint density at radius 3 is 2.85 bits per heavy atom. The van der Waals surface area contributed by atoms with Gasteiger partial charge in [0.15, 0.2) is 0 Å². The van der Waals surface area contributed by atoms with Gasteiger partial charge < -0.3 is 4.74 Å². The molecule has 20 heavy (non-hydrogen) atoms. The first-order valence-electron chi connectivity index (χ1n) is 6.78. The van der Waals surface area contributed by atoms with Crippen LogP contribution in [0.4, 0.5) is 4.79 Å². The second kappa shape index (κ2) is 6.37. The molecule has 2 atom stereocenters. The van der Waals surface area contributed by atoms with Crippen LogP contribution in [-0.2, 0) is 16.0 Å². The third kappa shape index (κ3) is 3.07. The molecule has 1 aliphatic rings. The van der Waals surface area contributed by atoms with Gasteiger partial charge in [-0.2, -0.15) is 0 Å². The molecule has 4 nitrogen and oxygen atoms in total. The predicted octanol–water partition coefficient (Wildman–Crippen LogP) is 2.79. The average Bonchev–Trinajstić information content (AvgIpc) is 2.80. The van der Waals surface area contributed by atoms with Crippen LogP contribution in [0.5, 0.6) is 0 Å². The lowest BCUT2D eigenvalue weighted by Crippen LogP contribution is -2.42. The molecule has 1 fully saturated rings. The Morgan fingerprint density at radius 2 is 2.20 bits per heavy atom. The minimum absolute atomic E-state index is 0.187. The van der Waals surface area contributed by atoms with Gasteiger partial charge in [0.2, 0.25) is 5.91 Å². The molecule has 0 aromatic heterocycles. The molecule has 1 aromatic carbocycles. The maximum atomic E-state index is 12.3. The van der Waals surface area contributed by atoms with Gasteiger partial charge in [0, 0.05) is 5.92 Å². The molecular formula is C16H19NO3. The standard InChI is InChI=1S/C16H19NO3/c1-3-7-12(2)15(18)17-14(11-20-16(17)19)10-13-8-5-4-6-9-13/h3-6,8-9,12,14H,1,7,10-11H2,2H3/t12-,14+/m0/s1. The Morgan fingerprint density at radius 1 is 1.50 bits per heavy atom. The Kier molecular flexibility index (Phi) is 4.56. The summed E-state index contributed by atoms with van der Waals surface area (Å²) in [5.41, 5.74) is 1.09. The average molecular weight is 273 g/mol. The van der Waals surface area contributed by atoms with E-state index < -0.39 is 6.09 Å². The minimum Gasteiger partial charge on any atom is -0.447 e. The molecule has 0 N–H and O–H groups in total. The highest BCUT2D eigenvalue weighted by Crippen LogP contribution is 2.21. The normalized spacial score (nSPS) is 19.6. The number of nitrogens with zero attached hydrogens (tertiary/aromatic N) is 1. The Labute approximate surface area is 119 Å². The number of benzene rings is 1. The lowest BCUT2D eigenvalue weighted by atomic mass is 10.0. The van der Waals surface area contributed by atoms with E-state index in [9.17, 15) is 9.59 Å². The van der Waals surface area contributed by atoms with E-state index in [0.29, 0.717) is 12.8 Å². The molecule has 0 bridgehead atoms. The number of cyclic esters (lactones) is 1. The van der Waals surface area contributed by atoms with Gasteiger partial charge in [0.25, 0.3) is 0 Å². The molecule has 0 radical (unpaired) electrons. The Hall–Kier alpha value is -2.10. The van der Waals surface area contributed by atoms with Crippen LogP contribution >= 0.6 is 0 Å². The summed E-state index contributed by atoms with van der Waals surface area (Å²) < 4.78 is 5.04. The van der Waals surface area contributed by atoms with Crippen LogP contribution in [0.25, 0.3) is 0 Å². The highest BCUT2D eigenvalue weighted by molar-refractivity contribution is 5.94. The van der Waals surface area contributed by atoms with Crippen molar-refractivity contribution in [2.75, 3.05) is 6.61 Å². The van der Waals surface area contributed by atoms with Gasteiger partial charge in [-0.05, 0) is 18.4 Å². The Balaban J connectivity index is 2.10. The smallest absolute Gasteiger partial charge is 0.416 e. The summed E-state index contributed by atoms with van der Waals surface area (Å²) in [7, 11) is 0. The topological polar surface area (TPSA) is 46.6 Å². The number of ether oxygens (including phenoxy) is 1. The van der Waals surface area contributed by atoms with Crippen molar-refractivity contribution < 1.29 is 14.3 Å². The van der Waals surface area contributed by atoms with Gasteiger partial charge in [-0.15, -0.1) is 6.58 Å². The van der Waals surface area contributed by atoms with E-state index in [2.05, 4.69) is 6.58 Å². The fraction of sp³-hybridized carbons (Fsp3) is 0.375. The first-order valence-corrected chi connectivity index (χ1v) is 6.78. The predicted molar refractivity (Wildman–Crippen MR) is 76.1 cm³/mol. The molecule has 0 aliphatic carbocycles. The summed E-state index contributed by atoms with van der Waals surface area (Å²) in [6.07, 6.45) is 2.34. The summed E-state index contributed by atoms with van der Waals surface area (Å²) in [6.45, 7) is 5.69. The zero-order valence-corrected chi connectivity index (χ0v) is 11.6. The fourth-order valence-electron chi connectivity index (χ4n) is 2.36. The molecule has 1 aliphatic heterocycles. The molecule has 1 saturated heterocycles. The van der Waals surface area contributed by atoms with Gasteiger partial charge in [0.05, 0.1) is 6.04 Å². The van der Waals surface area contributed by atoms with Crippen LogP contribution in [0.1, 0.15) is 18.9 Å². The molecular weight excluding hydrogens is 254 g/mol. The second-order valence-electron chi connectivity index (χ2n) is 5.05.